The summed E-state index contributed by atoms with van der Waals surface area (Å²) in [4.78, 5) is 0. The highest BCUT2D eigenvalue weighted by Crippen LogP contribution is 2.22. The van der Waals surface area contributed by atoms with E-state index in [1.165, 1.54) is 12.1 Å². The Kier molecular flexibility index (Phi) is 4.16. The summed E-state index contributed by atoms with van der Waals surface area (Å²) in [5, 5.41) is 3.87. The van der Waals surface area contributed by atoms with Crippen molar-refractivity contribution in [3.63, 3.8) is 0 Å². The molecule has 0 aliphatic carbocycles. The molecule has 4 nitrogen and oxygen atoms in total. The van der Waals surface area contributed by atoms with E-state index in [0.717, 1.165) is 22.6 Å². The summed E-state index contributed by atoms with van der Waals surface area (Å²) in [7, 11) is 0. The number of rotatable bonds is 5. The van der Waals surface area contributed by atoms with Gasteiger partial charge in [0.15, 0.2) is 0 Å². The first-order valence-corrected chi connectivity index (χ1v) is 6.15. The number of ether oxygens (including phenoxy) is 1. The van der Waals surface area contributed by atoms with Crippen LogP contribution in [0.2, 0.25) is 0 Å². The predicted molar refractivity (Wildman–Crippen MR) is 69.5 cm³/mol. The minimum Gasteiger partial charge on any atom is -0.488 e. The molecule has 0 amide bonds. The van der Waals surface area contributed by atoms with E-state index < -0.39 is 0 Å². The van der Waals surface area contributed by atoms with Crippen molar-refractivity contribution in [2.24, 2.45) is 5.73 Å². The van der Waals surface area contributed by atoms with E-state index in [9.17, 15) is 4.39 Å². The van der Waals surface area contributed by atoms with Crippen molar-refractivity contribution in [3.05, 3.63) is 46.6 Å². The zero-order chi connectivity index (χ0) is 13.8. The quantitative estimate of drug-likeness (QED) is 0.901. The fourth-order valence-corrected chi connectivity index (χ4v) is 1.90. The molecule has 0 bridgehead atoms. The van der Waals surface area contributed by atoms with Crippen molar-refractivity contribution < 1.29 is 13.7 Å². The maximum absolute atomic E-state index is 13.2. The Balaban J connectivity index is 2.15. The van der Waals surface area contributed by atoms with Crippen LogP contribution in [0.4, 0.5) is 4.39 Å². The molecule has 0 fully saturated rings. The van der Waals surface area contributed by atoms with Crippen LogP contribution in [0.15, 0.2) is 22.7 Å². The van der Waals surface area contributed by atoms with Crippen LogP contribution < -0.4 is 10.5 Å². The van der Waals surface area contributed by atoms with Gasteiger partial charge in [-0.05, 0) is 50.6 Å². The van der Waals surface area contributed by atoms with E-state index in [1.54, 1.807) is 6.07 Å². The lowest BCUT2D eigenvalue weighted by atomic mass is 10.1. The average Bonchev–Trinajstić information content (AvgIpc) is 2.69. The van der Waals surface area contributed by atoms with Gasteiger partial charge in [0.1, 0.15) is 23.9 Å². The van der Waals surface area contributed by atoms with Crippen LogP contribution >= 0.6 is 0 Å². The molecule has 1 heterocycles. The smallest absolute Gasteiger partial charge is 0.140 e. The second-order valence-corrected chi connectivity index (χ2v) is 4.38. The third kappa shape index (κ3) is 3.12. The SMILES string of the molecule is Cc1noc(C)c1COc1ccc(F)cc1CCN. The van der Waals surface area contributed by atoms with E-state index >= 15 is 0 Å². The van der Waals surface area contributed by atoms with E-state index in [1.807, 2.05) is 13.8 Å². The fourth-order valence-electron chi connectivity index (χ4n) is 1.90. The molecule has 0 aliphatic rings. The molecule has 5 heteroatoms. The van der Waals surface area contributed by atoms with Gasteiger partial charge in [-0.3, -0.25) is 0 Å². The van der Waals surface area contributed by atoms with E-state index in [2.05, 4.69) is 5.16 Å². The number of nitrogens with zero attached hydrogens (tertiary/aromatic N) is 1. The Morgan fingerprint density at radius 2 is 2.16 bits per heavy atom. The first-order chi connectivity index (χ1) is 9.11. The number of nitrogens with two attached hydrogens (primary N) is 1. The summed E-state index contributed by atoms with van der Waals surface area (Å²) in [6.07, 6.45) is 0.578. The van der Waals surface area contributed by atoms with Gasteiger partial charge in [0.2, 0.25) is 0 Å². The number of benzene rings is 1. The monoisotopic (exact) mass is 264 g/mol. The second-order valence-electron chi connectivity index (χ2n) is 4.38. The van der Waals surface area contributed by atoms with Crippen LogP contribution in [0, 0.1) is 19.7 Å². The summed E-state index contributed by atoms with van der Waals surface area (Å²) in [6, 6.07) is 4.46. The molecule has 2 rings (SSSR count). The Hall–Kier alpha value is -1.88. The van der Waals surface area contributed by atoms with Crippen LogP contribution in [0.5, 0.6) is 5.75 Å². The van der Waals surface area contributed by atoms with Gasteiger partial charge in [-0.25, -0.2) is 4.39 Å². The topological polar surface area (TPSA) is 61.3 Å². The molecule has 0 atom stereocenters. The largest absolute Gasteiger partial charge is 0.488 e. The molecule has 2 aromatic rings. The highest BCUT2D eigenvalue weighted by molar-refractivity contribution is 5.34. The van der Waals surface area contributed by atoms with Crippen LogP contribution in [-0.4, -0.2) is 11.7 Å². The zero-order valence-corrected chi connectivity index (χ0v) is 11.1. The second kappa shape index (κ2) is 5.84. The highest BCUT2D eigenvalue weighted by atomic mass is 19.1. The Morgan fingerprint density at radius 1 is 1.37 bits per heavy atom. The number of hydrogen-bond donors (Lipinski definition) is 1. The minimum absolute atomic E-state index is 0.284. The van der Waals surface area contributed by atoms with Crippen LogP contribution in [0.3, 0.4) is 0 Å². The molecule has 0 spiro atoms. The van der Waals surface area contributed by atoms with Gasteiger partial charge >= 0.3 is 0 Å². The Bertz CT molecular complexity index is 547. The third-order valence-electron chi connectivity index (χ3n) is 2.99. The molecule has 1 aromatic heterocycles. The number of halogens is 1. The van der Waals surface area contributed by atoms with E-state index in [0.29, 0.717) is 25.3 Å². The van der Waals surface area contributed by atoms with E-state index in [-0.39, 0.29) is 5.82 Å². The van der Waals surface area contributed by atoms with Crippen molar-refractivity contribution in [1.29, 1.82) is 0 Å². The van der Waals surface area contributed by atoms with Gasteiger partial charge in [0, 0.05) is 0 Å². The molecule has 0 aliphatic heterocycles. The molecule has 0 saturated carbocycles. The maximum atomic E-state index is 13.2. The predicted octanol–water partition coefficient (Wildman–Crippen LogP) is 2.51. The van der Waals surface area contributed by atoms with Crippen molar-refractivity contribution in [1.82, 2.24) is 5.16 Å². The lowest BCUT2D eigenvalue weighted by molar-refractivity contribution is 0.298. The summed E-state index contributed by atoms with van der Waals surface area (Å²) in [5.41, 5.74) is 8.01. The summed E-state index contributed by atoms with van der Waals surface area (Å²) in [5.74, 6) is 1.10. The minimum atomic E-state index is -0.284. The Morgan fingerprint density at radius 3 is 2.79 bits per heavy atom. The van der Waals surface area contributed by atoms with Crippen LogP contribution in [-0.2, 0) is 13.0 Å². The molecule has 102 valence electrons. The third-order valence-corrected chi connectivity index (χ3v) is 2.99. The number of aryl methyl sites for hydroxylation is 2. The highest BCUT2D eigenvalue weighted by Gasteiger charge is 2.11. The van der Waals surface area contributed by atoms with E-state index in [4.69, 9.17) is 15.0 Å². The molecular formula is C14H17FN2O2. The molecule has 0 radical (unpaired) electrons. The standard InChI is InChI=1S/C14H17FN2O2/c1-9-13(10(2)19-17-9)8-18-14-4-3-12(15)7-11(14)5-6-16/h3-4,7H,5-6,8,16H2,1-2H3. The van der Waals surface area contributed by atoms with Gasteiger partial charge in [0.05, 0.1) is 11.3 Å². The summed E-state index contributed by atoms with van der Waals surface area (Å²) >= 11 is 0. The molecule has 2 N–H and O–H groups in total. The normalized spacial score (nSPS) is 10.7. The number of aromatic nitrogens is 1. The van der Waals surface area contributed by atoms with Gasteiger partial charge < -0.3 is 15.0 Å². The number of hydrogen-bond acceptors (Lipinski definition) is 4. The molecule has 0 unspecified atom stereocenters. The van der Waals surface area contributed by atoms with Gasteiger partial charge in [-0.1, -0.05) is 5.16 Å². The van der Waals surface area contributed by atoms with Crippen LogP contribution in [0.1, 0.15) is 22.6 Å². The van der Waals surface area contributed by atoms with Gasteiger partial charge in [-0.2, -0.15) is 0 Å². The first-order valence-electron chi connectivity index (χ1n) is 6.15. The molecule has 1 aromatic carbocycles. The van der Waals surface area contributed by atoms with Crippen LogP contribution in [0.25, 0.3) is 0 Å². The zero-order valence-electron chi connectivity index (χ0n) is 11.1. The van der Waals surface area contributed by atoms with Crippen molar-refractivity contribution in [2.45, 2.75) is 26.9 Å². The Labute approximate surface area is 111 Å². The molecule has 0 saturated heterocycles. The molecular weight excluding hydrogens is 247 g/mol. The fraction of sp³-hybridized carbons (Fsp3) is 0.357. The first kappa shape index (κ1) is 13.5. The van der Waals surface area contributed by atoms with Crippen molar-refractivity contribution >= 4 is 0 Å². The summed E-state index contributed by atoms with van der Waals surface area (Å²) in [6.45, 7) is 4.50. The van der Waals surface area contributed by atoms with Gasteiger partial charge in [-0.15, -0.1) is 0 Å². The summed E-state index contributed by atoms with van der Waals surface area (Å²) < 4.78 is 24.0. The lowest BCUT2D eigenvalue weighted by Gasteiger charge is -2.11. The average molecular weight is 264 g/mol. The van der Waals surface area contributed by atoms with Gasteiger partial charge in [0.25, 0.3) is 0 Å². The van der Waals surface area contributed by atoms with Crippen molar-refractivity contribution in [2.75, 3.05) is 6.54 Å². The van der Waals surface area contributed by atoms with Crippen molar-refractivity contribution in [3.8, 4) is 5.75 Å². The lowest BCUT2D eigenvalue weighted by Crippen LogP contribution is -2.06. The maximum Gasteiger partial charge on any atom is 0.140 e. The molecule has 19 heavy (non-hydrogen) atoms.